The topological polar surface area (TPSA) is 70.5 Å². The van der Waals surface area contributed by atoms with E-state index in [1.165, 1.54) is 7.11 Å². The maximum atomic E-state index is 12.3. The Kier molecular flexibility index (Phi) is 7.36. The largest absolute Gasteiger partial charge is 0.475 e. The van der Waals surface area contributed by atoms with Gasteiger partial charge in [-0.2, -0.15) is 4.98 Å². The quantitative estimate of drug-likeness (QED) is 0.514. The Morgan fingerprint density at radius 3 is 2.38 bits per heavy atom. The number of halogens is 1. The Morgan fingerprint density at radius 1 is 1.12 bits per heavy atom. The van der Waals surface area contributed by atoms with Gasteiger partial charge in [0.05, 0.1) is 19.4 Å². The summed E-state index contributed by atoms with van der Waals surface area (Å²) in [6, 6.07) is 7.19. The van der Waals surface area contributed by atoms with Gasteiger partial charge >= 0.3 is 5.97 Å². The molecule has 6 nitrogen and oxygen atoms in total. The van der Waals surface area contributed by atoms with E-state index >= 15 is 0 Å². The van der Waals surface area contributed by atoms with Crippen LogP contribution in [0.25, 0.3) is 11.4 Å². The SMILES string of the molecule is COCCOc1nc(-c2ccc(Cl)cc2)nc(CC(C)C)c1C(=O)OC. The van der Waals surface area contributed by atoms with Gasteiger partial charge < -0.3 is 14.2 Å². The predicted molar refractivity (Wildman–Crippen MR) is 99.7 cm³/mol. The Bertz CT molecular complexity index is 748. The van der Waals surface area contributed by atoms with Gasteiger partial charge in [-0.25, -0.2) is 9.78 Å². The molecule has 0 fully saturated rings. The summed E-state index contributed by atoms with van der Waals surface area (Å²) in [4.78, 5) is 21.4. The third kappa shape index (κ3) is 5.16. The number of ether oxygens (including phenoxy) is 3. The minimum Gasteiger partial charge on any atom is -0.475 e. The molecule has 0 aliphatic carbocycles. The number of aromatic nitrogens is 2. The van der Waals surface area contributed by atoms with E-state index in [9.17, 15) is 4.79 Å². The van der Waals surface area contributed by atoms with Crippen molar-refractivity contribution in [2.75, 3.05) is 27.4 Å². The highest BCUT2D eigenvalue weighted by atomic mass is 35.5. The predicted octanol–water partition coefficient (Wildman–Crippen LogP) is 3.81. The molecule has 0 N–H and O–H groups in total. The highest BCUT2D eigenvalue weighted by molar-refractivity contribution is 6.30. The van der Waals surface area contributed by atoms with E-state index < -0.39 is 5.97 Å². The molecule has 0 aliphatic heterocycles. The Balaban J connectivity index is 2.57. The van der Waals surface area contributed by atoms with Gasteiger partial charge in [0.25, 0.3) is 0 Å². The van der Waals surface area contributed by atoms with Gasteiger partial charge in [-0.15, -0.1) is 0 Å². The van der Waals surface area contributed by atoms with Gasteiger partial charge in [0.1, 0.15) is 12.2 Å². The van der Waals surface area contributed by atoms with Crippen molar-refractivity contribution in [3.8, 4) is 17.3 Å². The molecule has 0 amide bonds. The van der Waals surface area contributed by atoms with Crippen molar-refractivity contribution in [2.24, 2.45) is 5.92 Å². The van der Waals surface area contributed by atoms with Crippen LogP contribution in [0.4, 0.5) is 0 Å². The summed E-state index contributed by atoms with van der Waals surface area (Å²) in [7, 11) is 2.90. The minimum atomic E-state index is -0.518. The summed E-state index contributed by atoms with van der Waals surface area (Å²) in [5.41, 5.74) is 1.64. The average Bonchev–Trinajstić information content (AvgIpc) is 2.61. The highest BCUT2D eigenvalue weighted by Crippen LogP contribution is 2.27. The van der Waals surface area contributed by atoms with Gasteiger partial charge in [0, 0.05) is 17.7 Å². The van der Waals surface area contributed by atoms with Gasteiger partial charge in [-0.05, 0) is 36.6 Å². The molecule has 140 valence electrons. The van der Waals surface area contributed by atoms with Crippen molar-refractivity contribution >= 4 is 17.6 Å². The Morgan fingerprint density at radius 2 is 1.81 bits per heavy atom. The molecule has 0 saturated heterocycles. The first-order chi connectivity index (χ1) is 12.5. The monoisotopic (exact) mass is 378 g/mol. The zero-order chi connectivity index (χ0) is 19.1. The van der Waals surface area contributed by atoms with E-state index in [0.717, 1.165) is 5.56 Å². The molecular weight excluding hydrogens is 356 g/mol. The summed E-state index contributed by atoms with van der Waals surface area (Å²) in [6.45, 7) is 4.74. The fourth-order valence-electron chi connectivity index (χ4n) is 2.38. The summed E-state index contributed by atoms with van der Waals surface area (Å²) >= 11 is 5.96. The lowest BCUT2D eigenvalue weighted by molar-refractivity contribution is 0.0590. The number of carbonyl (C=O) groups excluding carboxylic acids is 1. The molecule has 0 bridgehead atoms. The Hall–Kier alpha value is -2.18. The van der Waals surface area contributed by atoms with Crippen LogP contribution in [0.1, 0.15) is 29.9 Å². The van der Waals surface area contributed by atoms with Crippen LogP contribution >= 0.6 is 11.6 Å². The van der Waals surface area contributed by atoms with Crippen molar-refractivity contribution in [3.63, 3.8) is 0 Å². The van der Waals surface area contributed by atoms with Crippen molar-refractivity contribution in [1.82, 2.24) is 9.97 Å². The van der Waals surface area contributed by atoms with E-state index in [4.69, 9.17) is 25.8 Å². The smallest absolute Gasteiger partial charge is 0.345 e. The molecule has 0 radical (unpaired) electrons. The number of carbonyl (C=O) groups is 1. The molecule has 0 unspecified atom stereocenters. The van der Waals surface area contributed by atoms with E-state index in [-0.39, 0.29) is 24.0 Å². The van der Waals surface area contributed by atoms with Gasteiger partial charge in [0.2, 0.25) is 5.88 Å². The van der Waals surface area contributed by atoms with Gasteiger partial charge in [-0.3, -0.25) is 0 Å². The summed E-state index contributed by atoms with van der Waals surface area (Å²) in [6.07, 6.45) is 0.591. The van der Waals surface area contributed by atoms with Crippen molar-refractivity contribution < 1.29 is 19.0 Å². The van der Waals surface area contributed by atoms with Crippen LogP contribution in [0, 0.1) is 5.92 Å². The number of esters is 1. The standard InChI is InChI=1S/C19H23ClN2O4/c1-12(2)11-15-16(19(23)25-4)18(26-10-9-24-3)22-17(21-15)13-5-7-14(20)8-6-13/h5-8,12H,9-11H2,1-4H3. The molecule has 0 aliphatic rings. The molecule has 2 rings (SSSR count). The molecule has 1 aromatic carbocycles. The van der Waals surface area contributed by atoms with Crippen LogP contribution in [-0.4, -0.2) is 43.4 Å². The van der Waals surface area contributed by atoms with Crippen LogP contribution in [0.5, 0.6) is 5.88 Å². The maximum Gasteiger partial charge on any atom is 0.345 e. The number of methoxy groups -OCH3 is 2. The lowest BCUT2D eigenvalue weighted by atomic mass is 10.0. The first-order valence-corrected chi connectivity index (χ1v) is 8.71. The fourth-order valence-corrected chi connectivity index (χ4v) is 2.51. The molecule has 1 aromatic heterocycles. The second kappa shape index (κ2) is 9.50. The van der Waals surface area contributed by atoms with Crippen LogP contribution in [0.2, 0.25) is 5.02 Å². The number of nitrogens with zero attached hydrogens (tertiary/aromatic N) is 2. The molecule has 26 heavy (non-hydrogen) atoms. The molecule has 2 aromatic rings. The fraction of sp³-hybridized carbons (Fsp3) is 0.421. The lowest BCUT2D eigenvalue weighted by Gasteiger charge is -2.15. The van der Waals surface area contributed by atoms with Crippen LogP contribution in [0.3, 0.4) is 0 Å². The van der Waals surface area contributed by atoms with E-state index in [0.29, 0.717) is 29.6 Å². The van der Waals surface area contributed by atoms with Crippen LogP contribution in [-0.2, 0) is 15.9 Å². The average molecular weight is 379 g/mol. The first kappa shape index (κ1) is 20.1. The van der Waals surface area contributed by atoms with Gasteiger partial charge in [-0.1, -0.05) is 25.4 Å². The summed E-state index contributed by atoms with van der Waals surface area (Å²) in [5, 5.41) is 0.624. The van der Waals surface area contributed by atoms with Crippen molar-refractivity contribution in [1.29, 1.82) is 0 Å². The highest BCUT2D eigenvalue weighted by Gasteiger charge is 2.24. The van der Waals surface area contributed by atoms with Gasteiger partial charge in [0.15, 0.2) is 5.82 Å². The van der Waals surface area contributed by atoms with E-state index in [1.54, 1.807) is 19.2 Å². The second-order valence-corrected chi connectivity index (χ2v) is 6.55. The van der Waals surface area contributed by atoms with Crippen LogP contribution < -0.4 is 4.74 Å². The first-order valence-electron chi connectivity index (χ1n) is 8.33. The minimum absolute atomic E-state index is 0.199. The molecule has 0 atom stereocenters. The molecule has 0 spiro atoms. The van der Waals surface area contributed by atoms with Crippen LogP contribution in [0.15, 0.2) is 24.3 Å². The third-order valence-corrected chi connectivity index (χ3v) is 3.82. The van der Waals surface area contributed by atoms with Crippen molar-refractivity contribution in [3.05, 3.63) is 40.5 Å². The molecule has 7 heteroatoms. The number of hydrogen-bond donors (Lipinski definition) is 0. The number of hydrogen-bond acceptors (Lipinski definition) is 6. The number of rotatable bonds is 8. The molecular formula is C19H23ClN2O4. The zero-order valence-corrected chi connectivity index (χ0v) is 16.2. The molecule has 1 heterocycles. The van der Waals surface area contributed by atoms with E-state index in [1.807, 2.05) is 12.1 Å². The number of benzene rings is 1. The zero-order valence-electron chi connectivity index (χ0n) is 15.4. The van der Waals surface area contributed by atoms with E-state index in [2.05, 4.69) is 23.8 Å². The molecule has 0 saturated carbocycles. The normalized spacial score (nSPS) is 10.8. The lowest BCUT2D eigenvalue weighted by Crippen LogP contribution is -2.16. The summed E-state index contributed by atoms with van der Waals surface area (Å²) < 4.78 is 15.6. The second-order valence-electron chi connectivity index (χ2n) is 6.11. The van der Waals surface area contributed by atoms with Crippen molar-refractivity contribution in [2.45, 2.75) is 20.3 Å². The Labute approximate surface area is 158 Å². The maximum absolute atomic E-state index is 12.3. The summed E-state index contributed by atoms with van der Waals surface area (Å²) in [5.74, 6) is 0.441. The third-order valence-electron chi connectivity index (χ3n) is 3.57.